The third-order valence-corrected chi connectivity index (χ3v) is 0. The van der Waals surface area contributed by atoms with Crippen LogP contribution >= 0.6 is 0 Å². The summed E-state index contributed by atoms with van der Waals surface area (Å²) < 4.78 is 0. The first-order valence-corrected chi connectivity index (χ1v) is 0. The Morgan fingerprint density at radius 2 is 0.154 bits per heavy atom. The van der Waals surface area contributed by atoms with Gasteiger partial charge < -0.3 is 74.4 Å². The second-order valence-electron chi connectivity index (χ2n) is 0. The Morgan fingerprint density at radius 3 is 0.154 bits per heavy atom. The van der Waals surface area contributed by atoms with Crippen LogP contribution in [0.15, 0.2) is 0 Å². The van der Waals surface area contributed by atoms with Crippen molar-refractivity contribution in [2.75, 3.05) is 0 Å². The van der Waals surface area contributed by atoms with Crippen LogP contribution in [0.4, 0.5) is 0 Å². The van der Waals surface area contributed by atoms with Crippen molar-refractivity contribution in [3.8, 4) is 0 Å². The molecule has 0 saturated heterocycles. The molecular formula is Cl6K7+. The molecule has 13 heavy (non-hydrogen) atoms. The van der Waals surface area contributed by atoms with Crippen LogP contribution in [0.5, 0.6) is 0 Å². The summed E-state index contributed by atoms with van der Waals surface area (Å²) in [6.07, 6.45) is 0. The molecule has 0 saturated carbocycles. The summed E-state index contributed by atoms with van der Waals surface area (Å²) in [7, 11) is 0. The first-order valence-electron chi connectivity index (χ1n) is 0. The van der Waals surface area contributed by atoms with Crippen LogP contribution in [0.1, 0.15) is 0 Å². The summed E-state index contributed by atoms with van der Waals surface area (Å²) in [5.41, 5.74) is 0. The molecule has 0 nitrogen and oxygen atoms in total. The number of hydrogen-bond acceptors (Lipinski definition) is 0. The number of rotatable bonds is 0. The normalized spacial score (nSPS) is 0. The van der Waals surface area contributed by atoms with E-state index in [0.717, 1.165) is 0 Å². The maximum Gasteiger partial charge on any atom is 1.00 e. The van der Waals surface area contributed by atoms with E-state index in [0.29, 0.717) is 0 Å². The van der Waals surface area contributed by atoms with Crippen molar-refractivity contribution in [3.05, 3.63) is 0 Å². The largest absolute Gasteiger partial charge is 1.00 e. The van der Waals surface area contributed by atoms with Gasteiger partial charge in [-0.25, -0.2) is 0 Å². The Morgan fingerprint density at radius 1 is 0.154 bits per heavy atom. The molecule has 0 N–H and O–H groups in total. The van der Waals surface area contributed by atoms with Gasteiger partial charge in [0, 0.05) is 0 Å². The zero-order valence-corrected chi connectivity index (χ0v) is 35.7. The average Bonchev–Trinajstić information content (AvgIpc) is 0. The van der Waals surface area contributed by atoms with Gasteiger partial charge in [0.05, 0.1) is 0 Å². The van der Waals surface area contributed by atoms with E-state index in [1.54, 1.807) is 0 Å². The molecule has 0 unspecified atom stereocenters. The second kappa shape index (κ2) is 84.7. The molecule has 0 amide bonds. The maximum absolute atomic E-state index is 0. The molecule has 0 radical (unpaired) electrons. The molecule has 0 atom stereocenters. The van der Waals surface area contributed by atoms with Crippen molar-refractivity contribution in [1.29, 1.82) is 0 Å². The second-order valence-corrected chi connectivity index (χ2v) is 0. The van der Waals surface area contributed by atoms with Gasteiger partial charge in [-0.3, -0.25) is 0 Å². The summed E-state index contributed by atoms with van der Waals surface area (Å²) in [6, 6.07) is 0. The summed E-state index contributed by atoms with van der Waals surface area (Å²) in [5.74, 6) is 0. The van der Waals surface area contributed by atoms with E-state index in [9.17, 15) is 0 Å². The summed E-state index contributed by atoms with van der Waals surface area (Å²) in [5, 5.41) is 0. The van der Waals surface area contributed by atoms with E-state index in [-0.39, 0.29) is 434 Å². The quantitative estimate of drug-likeness (QED) is 0.299. The van der Waals surface area contributed by atoms with E-state index in [1.807, 2.05) is 0 Å². The van der Waals surface area contributed by atoms with E-state index in [1.165, 1.54) is 0 Å². The van der Waals surface area contributed by atoms with Crippen molar-refractivity contribution in [1.82, 2.24) is 0 Å². The Bertz CT molecular complexity index is 12.9. The van der Waals surface area contributed by atoms with E-state index >= 15 is 0 Å². The summed E-state index contributed by atoms with van der Waals surface area (Å²) in [6.45, 7) is 0. The molecule has 0 aromatic rings. The SMILES string of the molecule is [Cl-].[Cl-].[Cl-].[Cl-].[Cl-].[Cl-].[K+].[K+].[K+].[K+].[K+].[K+].[K+]. The van der Waals surface area contributed by atoms with Crippen LogP contribution in [0.2, 0.25) is 0 Å². The van der Waals surface area contributed by atoms with E-state index in [2.05, 4.69) is 0 Å². The molecule has 0 rings (SSSR count). The fourth-order valence-corrected chi connectivity index (χ4v) is 0. The van der Waals surface area contributed by atoms with Crippen LogP contribution in [0.25, 0.3) is 0 Å². The van der Waals surface area contributed by atoms with Crippen molar-refractivity contribution < 1.29 is 434 Å². The third-order valence-electron chi connectivity index (χ3n) is 0. The number of hydrogen-bond donors (Lipinski definition) is 0. The third kappa shape index (κ3) is 77.9. The Kier molecular flexibility index (Phi) is 622. The molecule has 0 bridgehead atoms. The Labute approximate surface area is 417 Å². The molecule has 48 valence electrons. The van der Waals surface area contributed by atoms with Crippen molar-refractivity contribution in [2.24, 2.45) is 0 Å². The topological polar surface area (TPSA) is 0 Å². The van der Waals surface area contributed by atoms with E-state index in [4.69, 9.17) is 0 Å². The van der Waals surface area contributed by atoms with Gasteiger partial charge in [-0.1, -0.05) is 0 Å². The fourth-order valence-electron chi connectivity index (χ4n) is 0. The van der Waals surface area contributed by atoms with Gasteiger partial charge in [0.15, 0.2) is 0 Å². The van der Waals surface area contributed by atoms with Crippen LogP contribution in [-0.4, -0.2) is 0 Å². The zero-order chi connectivity index (χ0) is 0. The number of halogens is 6. The monoisotopic (exact) mass is 483 g/mol. The first kappa shape index (κ1) is 95.5. The van der Waals surface area contributed by atoms with Crippen LogP contribution < -0.4 is 434 Å². The Hall–Kier alpha value is 13.2. The Balaban J connectivity index is 0. The minimum Gasteiger partial charge on any atom is -1.00 e. The molecular weight excluding hydrogens is 486 g/mol. The van der Waals surface area contributed by atoms with Gasteiger partial charge in [-0.2, -0.15) is 0 Å². The maximum atomic E-state index is 0. The fraction of sp³-hybridized carbons (Fsp3) is 0. The predicted molar refractivity (Wildman–Crippen MR) is 0 cm³/mol. The van der Waals surface area contributed by atoms with E-state index < -0.39 is 0 Å². The average molecular weight is 486 g/mol. The van der Waals surface area contributed by atoms with Gasteiger partial charge in [-0.05, 0) is 0 Å². The molecule has 0 aliphatic rings. The smallest absolute Gasteiger partial charge is 1.00 e. The molecule has 0 aromatic heterocycles. The standard InChI is InChI=1S/6ClH.7K/h6*1H;;;;;;;/q;;;;;;7*+1/p-6. The molecule has 13 heteroatoms. The van der Waals surface area contributed by atoms with Gasteiger partial charge in [-0.15, -0.1) is 0 Å². The molecule has 0 heterocycles. The van der Waals surface area contributed by atoms with Crippen LogP contribution in [0.3, 0.4) is 0 Å². The van der Waals surface area contributed by atoms with Gasteiger partial charge >= 0.3 is 360 Å². The molecule has 0 spiro atoms. The van der Waals surface area contributed by atoms with Gasteiger partial charge in [0.25, 0.3) is 0 Å². The predicted octanol–water partition coefficient (Wildman–Crippen LogP) is -38.9. The molecule has 0 aliphatic heterocycles. The van der Waals surface area contributed by atoms with Crippen molar-refractivity contribution >= 4 is 0 Å². The van der Waals surface area contributed by atoms with Crippen molar-refractivity contribution in [3.63, 3.8) is 0 Å². The zero-order valence-electron chi connectivity index (χ0n) is 9.27. The molecule has 0 fully saturated rings. The summed E-state index contributed by atoms with van der Waals surface area (Å²) in [4.78, 5) is 0. The molecule has 0 aromatic carbocycles. The van der Waals surface area contributed by atoms with Crippen LogP contribution in [-0.2, 0) is 0 Å². The summed E-state index contributed by atoms with van der Waals surface area (Å²) >= 11 is 0. The minimum absolute atomic E-state index is 0. The van der Waals surface area contributed by atoms with Gasteiger partial charge in [0.1, 0.15) is 0 Å². The first-order chi connectivity index (χ1) is 0. The van der Waals surface area contributed by atoms with Crippen molar-refractivity contribution in [2.45, 2.75) is 0 Å². The van der Waals surface area contributed by atoms with Gasteiger partial charge in [0.2, 0.25) is 0 Å². The minimum atomic E-state index is 0. The van der Waals surface area contributed by atoms with Crippen LogP contribution in [0, 0.1) is 0 Å². The molecule has 0 aliphatic carbocycles.